The fourth-order valence-electron chi connectivity index (χ4n) is 1.48. The maximum Gasteiger partial charge on any atom is -0.0314 e. The molecule has 0 rings (SSSR count). The van der Waals surface area contributed by atoms with Crippen molar-refractivity contribution in [3.63, 3.8) is 0 Å². The van der Waals surface area contributed by atoms with Crippen LogP contribution in [-0.2, 0) is 0 Å². The van der Waals surface area contributed by atoms with E-state index in [-0.39, 0.29) is 0 Å². The predicted octanol–water partition coefficient (Wildman–Crippen LogP) is 5.12. The van der Waals surface area contributed by atoms with Crippen molar-refractivity contribution in [1.82, 2.24) is 0 Å². The maximum absolute atomic E-state index is 3.72. The molecule has 0 nitrogen and oxygen atoms in total. The fourth-order valence-corrected chi connectivity index (χ4v) is 1.48. The minimum Gasteiger partial charge on any atom is -0.103 e. The Bertz CT molecular complexity index is 165. The van der Waals surface area contributed by atoms with Crippen LogP contribution in [0.1, 0.15) is 59.3 Å². The van der Waals surface area contributed by atoms with E-state index in [1.807, 2.05) is 6.08 Å². The van der Waals surface area contributed by atoms with Crippen LogP contribution in [0.15, 0.2) is 24.3 Å². The Morgan fingerprint density at radius 3 is 2.64 bits per heavy atom. The number of hydrogen-bond donors (Lipinski definition) is 0. The largest absolute Gasteiger partial charge is 0.103 e. The lowest BCUT2D eigenvalue weighted by molar-refractivity contribution is 0.495. The van der Waals surface area contributed by atoms with Gasteiger partial charge in [0.25, 0.3) is 0 Å². The highest BCUT2D eigenvalue weighted by atomic mass is 14.0. The Morgan fingerprint density at radius 2 is 2.07 bits per heavy atom. The van der Waals surface area contributed by atoms with Gasteiger partial charge < -0.3 is 0 Å². The monoisotopic (exact) mass is 194 g/mol. The molecule has 0 aromatic heterocycles. The van der Waals surface area contributed by atoms with Crippen molar-refractivity contribution >= 4 is 0 Å². The number of allylic oxidation sites excluding steroid dienone is 3. The van der Waals surface area contributed by atoms with Gasteiger partial charge in [-0.15, -0.1) is 6.58 Å². The van der Waals surface area contributed by atoms with Crippen LogP contribution in [-0.4, -0.2) is 0 Å². The first kappa shape index (κ1) is 13.5. The van der Waals surface area contributed by atoms with Gasteiger partial charge in [0.05, 0.1) is 0 Å². The molecule has 0 aliphatic carbocycles. The summed E-state index contributed by atoms with van der Waals surface area (Å²) in [6.45, 7) is 10.6. The van der Waals surface area contributed by atoms with Crippen molar-refractivity contribution in [1.29, 1.82) is 0 Å². The molecule has 0 N–H and O–H groups in total. The van der Waals surface area contributed by atoms with E-state index in [1.54, 1.807) is 5.57 Å². The van der Waals surface area contributed by atoms with Gasteiger partial charge >= 0.3 is 0 Å². The van der Waals surface area contributed by atoms with Gasteiger partial charge in [0, 0.05) is 0 Å². The first-order chi connectivity index (χ1) is 6.70. The van der Waals surface area contributed by atoms with Gasteiger partial charge in [0.1, 0.15) is 0 Å². The zero-order chi connectivity index (χ0) is 10.8. The Kier molecular flexibility index (Phi) is 8.72. The average Bonchev–Trinajstić information content (AvgIpc) is 2.18. The summed E-state index contributed by atoms with van der Waals surface area (Å²) in [6.07, 6.45) is 12.0. The third-order valence-corrected chi connectivity index (χ3v) is 2.83. The Balaban J connectivity index is 3.47. The minimum absolute atomic E-state index is 0.899. The van der Waals surface area contributed by atoms with Crippen molar-refractivity contribution in [2.45, 2.75) is 59.3 Å². The van der Waals surface area contributed by atoms with Crippen LogP contribution in [0.25, 0.3) is 0 Å². The molecule has 0 heterocycles. The molecular formula is C14H26. The quantitative estimate of drug-likeness (QED) is 0.372. The second kappa shape index (κ2) is 9.05. The van der Waals surface area contributed by atoms with Crippen LogP contribution < -0.4 is 0 Å². The van der Waals surface area contributed by atoms with E-state index in [2.05, 4.69) is 33.4 Å². The second-order valence-corrected chi connectivity index (χ2v) is 4.32. The summed E-state index contributed by atoms with van der Waals surface area (Å²) >= 11 is 0. The highest BCUT2D eigenvalue weighted by molar-refractivity contribution is 4.98. The van der Waals surface area contributed by atoms with E-state index in [9.17, 15) is 0 Å². The molecule has 1 atom stereocenters. The molecule has 0 amide bonds. The molecular weight excluding hydrogens is 168 g/mol. The SMILES string of the molecule is C=CCC/C=C(/C)CCC[C@@H](C)CC. The fraction of sp³-hybridized carbons (Fsp3) is 0.714. The van der Waals surface area contributed by atoms with Crippen molar-refractivity contribution in [3.05, 3.63) is 24.3 Å². The lowest BCUT2D eigenvalue weighted by atomic mass is 9.99. The van der Waals surface area contributed by atoms with Crippen LogP contribution in [0, 0.1) is 5.92 Å². The van der Waals surface area contributed by atoms with E-state index in [0.717, 1.165) is 12.3 Å². The van der Waals surface area contributed by atoms with Crippen LogP contribution >= 0.6 is 0 Å². The van der Waals surface area contributed by atoms with Gasteiger partial charge in [-0.05, 0) is 38.5 Å². The predicted molar refractivity (Wildman–Crippen MR) is 66.5 cm³/mol. The molecule has 0 heteroatoms. The van der Waals surface area contributed by atoms with Gasteiger partial charge in [-0.3, -0.25) is 0 Å². The summed E-state index contributed by atoms with van der Waals surface area (Å²) in [5.74, 6) is 0.899. The van der Waals surface area contributed by atoms with Crippen LogP contribution in [0.4, 0.5) is 0 Å². The first-order valence-electron chi connectivity index (χ1n) is 5.97. The number of unbranched alkanes of at least 4 members (excludes halogenated alkanes) is 1. The van der Waals surface area contributed by atoms with Crippen molar-refractivity contribution in [2.24, 2.45) is 5.92 Å². The van der Waals surface area contributed by atoms with E-state index < -0.39 is 0 Å². The highest BCUT2D eigenvalue weighted by Gasteiger charge is 1.98. The average molecular weight is 194 g/mol. The van der Waals surface area contributed by atoms with Crippen LogP contribution in [0.5, 0.6) is 0 Å². The smallest absolute Gasteiger partial charge is 0.0314 e. The minimum atomic E-state index is 0.899. The molecule has 0 unspecified atom stereocenters. The molecule has 0 saturated carbocycles. The zero-order valence-electron chi connectivity index (χ0n) is 10.2. The lowest BCUT2D eigenvalue weighted by Crippen LogP contribution is -1.91. The summed E-state index contributed by atoms with van der Waals surface area (Å²) in [5.41, 5.74) is 1.55. The molecule has 0 radical (unpaired) electrons. The Hall–Kier alpha value is -0.520. The van der Waals surface area contributed by atoms with Crippen LogP contribution in [0.2, 0.25) is 0 Å². The van der Waals surface area contributed by atoms with E-state index in [0.29, 0.717) is 0 Å². The normalized spacial score (nSPS) is 14.1. The molecule has 0 aromatic rings. The van der Waals surface area contributed by atoms with Gasteiger partial charge in [-0.1, -0.05) is 44.4 Å². The molecule has 0 aromatic carbocycles. The summed E-state index contributed by atoms with van der Waals surface area (Å²) in [6, 6.07) is 0. The first-order valence-corrected chi connectivity index (χ1v) is 5.97. The van der Waals surface area contributed by atoms with Crippen molar-refractivity contribution in [2.75, 3.05) is 0 Å². The number of hydrogen-bond acceptors (Lipinski definition) is 0. The van der Waals surface area contributed by atoms with Gasteiger partial charge in [-0.2, -0.15) is 0 Å². The van der Waals surface area contributed by atoms with Gasteiger partial charge in [0.2, 0.25) is 0 Å². The summed E-state index contributed by atoms with van der Waals surface area (Å²) in [5, 5.41) is 0. The lowest BCUT2D eigenvalue weighted by Gasteiger charge is -2.07. The molecule has 0 saturated heterocycles. The van der Waals surface area contributed by atoms with Gasteiger partial charge in [0.15, 0.2) is 0 Å². The molecule has 82 valence electrons. The third kappa shape index (κ3) is 8.10. The molecule has 14 heavy (non-hydrogen) atoms. The standard InChI is InChI=1S/C14H26/c1-5-7-8-10-14(4)12-9-11-13(3)6-2/h5,10,13H,1,6-9,11-12H2,2-4H3/b14-10-/t13-/m0/s1. The topological polar surface area (TPSA) is 0 Å². The molecule has 0 aliphatic heterocycles. The molecule has 0 aliphatic rings. The van der Waals surface area contributed by atoms with Crippen LogP contribution in [0.3, 0.4) is 0 Å². The van der Waals surface area contributed by atoms with E-state index >= 15 is 0 Å². The van der Waals surface area contributed by atoms with Crippen molar-refractivity contribution < 1.29 is 0 Å². The Morgan fingerprint density at radius 1 is 1.36 bits per heavy atom. The zero-order valence-corrected chi connectivity index (χ0v) is 10.2. The maximum atomic E-state index is 3.72. The summed E-state index contributed by atoms with van der Waals surface area (Å²) in [7, 11) is 0. The molecule has 0 bridgehead atoms. The summed E-state index contributed by atoms with van der Waals surface area (Å²) < 4.78 is 0. The molecule has 0 spiro atoms. The third-order valence-electron chi connectivity index (χ3n) is 2.83. The summed E-state index contributed by atoms with van der Waals surface area (Å²) in [4.78, 5) is 0. The second-order valence-electron chi connectivity index (χ2n) is 4.32. The number of rotatable bonds is 8. The highest BCUT2D eigenvalue weighted by Crippen LogP contribution is 2.15. The van der Waals surface area contributed by atoms with Gasteiger partial charge in [-0.25, -0.2) is 0 Å². The van der Waals surface area contributed by atoms with Crippen molar-refractivity contribution in [3.8, 4) is 0 Å². The van der Waals surface area contributed by atoms with E-state index in [4.69, 9.17) is 0 Å². The molecule has 0 fully saturated rings. The van der Waals surface area contributed by atoms with E-state index in [1.165, 1.54) is 32.1 Å². The Labute approximate surface area is 90.1 Å².